The number of nitrogens with one attached hydrogen (secondary N) is 2. The van der Waals surface area contributed by atoms with Crippen LogP contribution in [-0.2, 0) is 21.7 Å². The van der Waals surface area contributed by atoms with Crippen molar-refractivity contribution < 1.29 is 18.9 Å². The third kappa shape index (κ3) is 8.45. The van der Waals surface area contributed by atoms with Crippen LogP contribution >= 0.6 is 0 Å². The summed E-state index contributed by atoms with van der Waals surface area (Å²) in [7, 11) is 3.45. The monoisotopic (exact) mass is 982 g/mol. The average Bonchev–Trinajstić information content (AvgIpc) is 4.08. The third-order valence-electron chi connectivity index (χ3n) is 13.9. The molecule has 2 aliphatic rings. The highest BCUT2D eigenvalue weighted by Crippen LogP contribution is 2.49. The molecule has 6 aromatic carbocycles. The van der Waals surface area contributed by atoms with Crippen LogP contribution in [0.25, 0.3) is 89.7 Å². The van der Waals surface area contributed by atoms with E-state index in [9.17, 15) is 0 Å². The molecule has 2 aliphatic heterocycles. The Morgan fingerprint density at radius 1 is 0.311 bits per heavy atom. The first-order valence-electron chi connectivity index (χ1n) is 25.2. The molecule has 0 unspecified atom stereocenters. The standard InChI is InChI=1S/C62H62N8O4/c1-59(2,3)41-31-47(43(61(7,8)9)29-45(41)71-13)73-49-27-39-40(28-50(49)74-48-32-42(60(4,5)6)46(72-14)30-44(48)62(10,11)12)58-69-56-38-26-20-18-24-36(38)54(67-56)65-52-34-22-16-15-21-33(34)51(63-52)64-53-35-23-17-19-25-37(35)55(66-53)68-57(39)70-58/h15-32H,1-14H3,(H2,63,64,65,66,67,68,69,70). The highest BCUT2D eigenvalue weighted by molar-refractivity contribution is 6.07. The number of aromatic nitrogens is 8. The van der Waals surface area contributed by atoms with E-state index >= 15 is 0 Å². The van der Waals surface area contributed by atoms with Crippen molar-refractivity contribution in [1.82, 2.24) is 39.9 Å². The number of benzene rings is 6. The summed E-state index contributed by atoms with van der Waals surface area (Å²) < 4.78 is 26.9. The third-order valence-corrected chi connectivity index (χ3v) is 13.9. The lowest BCUT2D eigenvalue weighted by Gasteiger charge is -2.30. The van der Waals surface area contributed by atoms with Crippen LogP contribution in [0.5, 0.6) is 34.5 Å². The minimum absolute atomic E-state index is 0.275. The summed E-state index contributed by atoms with van der Waals surface area (Å²) in [6.07, 6.45) is 0. The SMILES string of the molecule is COc1cc(C(C)(C)C)c(Oc2cc3c4nc5nc(nc6[nH]c(nc7nc(nc([nH]4)c3cc2Oc2cc(C(C)(C)C)c(OC)cc2C(C)(C)C)-c2ccccc2-7)c2ccccc62)-c2ccccc2-5)cc1C(C)(C)C. The molecule has 0 radical (unpaired) electrons. The van der Waals surface area contributed by atoms with Gasteiger partial charge in [0.25, 0.3) is 0 Å². The van der Waals surface area contributed by atoms with E-state index < -0.39 is 0 Å². The number of hydrogen-bond acceptors (Lipinski definition) is 10. The van der Waals surface area contributed by atoms with Gasteiger partial charge in [-0.05, 0) is 58.1 Å². The lowest BCUT2D eigenvalue weighted by Crippen LogP contribution is -2.18. The summed E-state index contributed by atoms with van der Waals surface area (Å²) in [4.78, 5) is 38.6. The van der Waals surface area contributed by atoms with Gasteiger partial charge in [-0.2, -0.15) is 0 Å². The van der Waals surface area contributed by atoms with Crippen LogP contribution in [0.15, 0.2) is 109 Å². The van der Waals surface area contributed by atoms with Gasteiger partial charge in [0.2, 0.25) is 0 Å². The van der Waals surface area contributed by atoms with Gasteiger partial charge >= 0.3 is 0 Å². The van der Waals surface area contributed by atoms with Crippen LogP contribution in [0.4, 0.5) is 0 Å². The van der Waals surface area contributed by atoms with Crippen LogP contribution < -0.4 is 18.9 Å². The molecule has 0 saturated heterocycles. The van der Waals surface area contributed by atoms with E-state index in [4.69, 9.17) is 48.9 Å². The Balaban J connectivity index is 1.27. The molecule has 0 saturated carbocycles. The number of fused-ring (bicyclic) bond motifs is 20. The molecule has 3 aromatic heterocycles. The van der Waals surface area contributed by atoms with E-state index in [0.717, 1.165) is 77.6 Å². The van der Waals surface area contributed by atoms with Crippen molar-refractivity contribution in [2.75, 3.05) is 14.2 Å². The van der Waals surface area contributed by atoms with Crippen molar-refractivity contribution in [3.05, 3.63) is 131 Å². The molecule has 0 aliphatic carbocycles. The van der Waals surface area contributed by atoms with Crippen molar-refractivity contribution >= 4 is 44.1 Å². The zero-order chi connectivity index (χ0) is 52.2. The quantitative estimate of drug-likeness (QED) is 0.165. The average molecular weight is 983 g/mol. The fraction of sp³-hybridized carbons (Fsp3) is 0.290. The van der Waals surface area contributed by atoms with Gasteiger partial charge in [0.15, 0.2) is 34.8 Å². The van der Waals surface area contributed by atoms with E-state index in [2.05, 4.69) is 117 Å². The van der Waals surface area contributed by atoms with Gasteiger partial charge in [-0.25, -0.2) is 29.9 Å². The predicted molar refractivity (Wildman–Crippen MR) is 297 cm³/mol. The Morgan fingerprint density at radius 2 is 0.581 bits per heavy atom. The summed E-state index contributed by atoms with van der Waals surface area (Å²) in [5.74, 6) is 5.93. The van der Waals surface area contributed by atoms with E-state index in [1.54, 1.807) is 14.2 Å². The van der Waals surface area contributed by atoms with Crippen LogP contribution in [0.1, 0.15) is 105 Å². The number of methoxy groups -OCH3 is 2. The molecule has 2 N–H and O–H groups in total. The lowest BCUT2D eigenvalue weighted by molar-refractivity contribution is 0.379. The number of nitrogens with zero attached hydrogens (tertiary/aromatic N) is 6. The molecule has 12 nitrogen and oxygen atoms in total. The van der Waals surface area contributed by atoms with Crippen LogP contribution in [0.3, 0.4) is 0 Å². The topological polar surface area (TPSA) is 146 Å². The molecule has 11 rings (SSSR count). The fourth-order valence-electron chi connectivity index (χ4n) is 10.0. The fourth-order valence-corrected chi connectivity index (χ4v) is 10.0. The number of H-pyrrole nitrogens is 2. The van der Waals surface area contributed by atoms with Crippen molar-refractivity contribution in [2.24, 2.45) is 0 Å². The first-order valence-corrected chi connectivity index (χ1v) is 25.2. The van der Waals surface area contributed by atoms with Gasteiger partial charge in [0.1, 0.15) is 45.6 Å². The predicted octanol–water partition coefficient (Wildman–Crippen LogP) is 15.7. The minimum atomic E-state index is -0.342. The number of rotatable bonds is 6. The second-order valence-corrected chi connectivity index (χ2v) is 23.4. The van der Waals surface area contributed by atoms with Crippen molar-refractivity contribution in [2.45, 2.75) is 105 Å². The normalized spacial score (nSPS) is 12.7. The molecule has 0 fully saturated rings. The lowest BCUT2D eigenvalue weighted by atomic mass is 9.80. The number of hydrogen-bond donors (Lipinski definition) is 2. The summed E-state index contributed by atoms with van der Waals surface area (Å²) in [6.45, 7) is 26.2. The van der Waals surface area contributed by atoms with Gasteiger partial charge in [-0.3, -0.25) is 0 Å². The van der Waals surface area contributed by atoms with E-state index in [0.29, 0.717) is 68.9 Å². The molecule has 8 bridgehead atoms. The van der Waals surface area contributed by atoms with Gasteiger partial charge < -0.3 is 28.9 Å². The second-order valence-electron chi connectivity index (χ2n) is 23.4. The Bertz CT molecular complexity index is 3690. The largest absolute Gasteiger partial charge is 0.496 e. The van der Waals surface area contributed by atoms with Gasteiger partial charge in [-0.15, -0.1) is 0 Å². The number of aromatic amines is 2. The van der Waals surface area contributed by atoms with Crippen LogP contribution in [-0.4, -0.2) is 54.1 Å². The molecule has 374 valence electrons. The molecular weight excluding hydrogens is 921 g/mol. The van der Waals surface area contributed by atoms with Crippen molar-refractivity contribution in [3.63, 3.8) is 0 Å². The Labute approximate surface area is 431 Å². The van der Waals surface area contributed by atoms with Crippen LogP contribution in [0, 0.1) is 0 Å². The second kappa shape index (κ2) is 17.3. The minimum Gasteiger partial charge on any atom is -0.496 e. The Kier molecular flexibility index (Phi) is 11.2. The zero-order valence-corrected chi connectivity index (χ0v) is 44.7. The summed E-state index contributed by atoms with van der Waals surface area (Å²) in [6, 6.07) is 36.6. The van der Waals surface area contributed by atoms with E-state index in [1.165, 1.54) is 0 Å². The zero-order valence-electron chi connectivity index (χ0n) is 44.7. The summed E-state index contributed by atoms with van der Waals surface area (Å²) in [5, 5.41) is 3.27. The molecule has 5 heterocycles. The maximum absolute atomic E-state index is 7.37. The van der Waals surface area contributed by atoms with Gasteiger partial charge in [0, 0.05) is 66.1 Å². The smallest absolute Gasteiger partial charge is 0.170 e. The van der Waals surface area contributed by atoms with E-state index in [-0.39, 0.29) is 21.7 Å². The van der Waals surface area contributed by atoms with Crippen molar-refractivity contribution in [1.29, 1.82) is 0 Å². The summed E-state index contributed by atoms with van der Waals surface area (Å²) >= 11 is 0. The summed E-state index contributed by atoms with van der Waals surface area (Å²) in [5.41, 5.74) is 8.41. The number of ether oxygens (including phenoxy) is 4. The van der Waals surface area contributed by atoms with Crippen molar-refractivity contribution in [3.8, 4) is 80.0 Å². The van der Waals surface area contributed by atoms with E-state index in [1.807, 2.05) is 84.9 Å². The molecule has 12 heteroatoms. The molecular formula is C62H62N8O4. The Hall–Kier alpha value is -8.12. The molecule has 0 spiro atoms. The maximum atomic E-state index is 7.37. The van der Waals surface area contributed by atoms with Crippen LogP contribution in [0.2, 0.25) is 0 Å². The van der Waals surface area contributed by atoms with Gasteiger partial charge in [-0.1, -0.05) is 156 Å². The Morgan fingerprint density at radius 3 is 0.878 bits per heavy atom. The van der Waals surface area contributed by atoms with Gasteiger partial charge in [0.05, 0.1) is 14.2 Å². The molecule has 0 atom stereocenters. The first-order chi connectivity index (χ1) is 35.1. The molecule has 0 amide bonds. The molecule has 74 heavy (non-hydrogen) atoms. The molecule has 9 aromatic rings. The maximum Gasteiger partial charge on any atom is 0.170 e. The first kappa shape index (κ1) is 48.2. The highest BCUT2D eigenvalue weighted by Gasteiger charge is 2.31. The highest BCUT2D eigenvalue weighted by atomic mass is 16.5.